The van der Waals surface area contributed by atoms with Crippen molar-refractivity contribution in [1.82, 2.24) is 15.5 Å². The number of amides is 4. The van der Waals surface area contributed by atoms with Crippen molar-refractivity contribution in [2.45, 2.75) is 44.8 Å². The summed E-state index contributed by atoms with van der Waals surface area (Å²) >= 11 is 0. The lowest BCUT2D eigenvalue weighted by Crippen LogP contribution is -2.39. The second kappa shape index (κ2) is 9.17. The number of nitrogens with zero attached hydrogens (tertiary/aromatic N) is 1. The highest BCUT2D eigenvalue weighted by atomic mass is 16.2. The first kappa shape index (κ1) is 19.6. The molecule has 28 heavy (non-hydrogen) atoms. The average Bonchev–Trinajstić information content (AvgIpc) is 2.95. The monoisotopic (exact) mass is 379 g/mol. The van der Waals surface area contributed by atoms with Crippen molar-refractivity contribution in [1.29, 1.82) is 0 Å². The third-order valence-corrected chi connectivity index (χ3v) is 4.80. The number of hydrogen-bond donors (Lipinski definition) is 2. The highest BCUT2D eigenvalue weighted by Crippen LogP contribution is 2.14. The van der Waals surface area contributed by atoms with Gasteiger partial charge in [-0.1, -0.05) is 60.7 Å². The number of carbonyl (C=O) groups excluding carboxylic acids is 3. The van der Waals surface area contributed by atoms with E-state index in [4.69, 9.17) is 0 Å². The second-order valence-electron chi connectivity index (χ2n) is 7.11. The van der Waals surface area contributed by atoms with Crippen molar-refractivity contribution < 1.29 is 14.4 Å². The Morgan fingerprint density at radius 1 is 1.04 bits per heavy atom. The van der Waals surface area contributed by atoms with Crippen LogP contribution >= 0.6 is 0 Å². The van der Waals surface area contributed by atoms with Gasteiger partial charge in [-0.15, -0.1) is 0 Å². The maximum atomic E-state index is 12.5. The molecule has 1 saturated heterocycles. The van der Waals surface area contributed by atoms with Crippen molar-refractivity contribution >= 4 is 17.8 Å². The van der Waals surface area contributed by atoms with Crippen LogP contribution in [0.1, 0.15) is 30.9 Å². The summed E-state index contributed by atoms with van der Waals surface area (Å²) in [4.78, 5) is 38.1. The smallest absolute Gasteiger partial charge is 0.325 e. The lowest BCUT2D eigenvalue weighted by Gasteiger charge is -2.16. The molecule has 0 bridgehead atoms. The van der Waals surface area contributed by atoms with E-state index in [2.05, 4.69) is 22.8 Å². The number of benzene rings is 2. The molecule has 1 aliphatic rings. The number of nitrogens with one attached hydrogen (secondary N) is 2. The molecule has 0 aromatic heterocycles. The van der Waals surface area contributed by atoms with E-state index >= 15 is 0 Å². The predicted molar refractivity (Wildman–Crippen MR) is 106 cm³/mol. The van der Waals surface area contributed by atoms with Crippen LogP contribution in [0.25, 0.3) is 0 Å². The molecule has 3 rings (SSSR count). The van der Waals surface area contributed by atoms with Crippen LogP contribution in [0.5, 0.6) is 0 Å². The largest absolute Gasteiger partial charge is 0.354 e. The van der Waals surface area contributed by atoms with Crippen molar-refractivity contribution in [3.8, 4) is 0 Å². The summed E-state index contributed by atoms with van der Waals surface area (Å²) in [5.74, 6) is -0.596. The zero-order chi connectivity index (χ0) is 19.9. The van der Waals surface area contributed by atoms with Gasteiger partial charge in [-0.25, -0.2) is 4.79 Å². The lowest BCUT2D eigenvalue weighted by atomic mass is 10.1. The summed E-state index contributed by atoms with van der Waals surface area (Å²) in [6.45, 7) is 2.15. The van der Waals surface area contributed by atoms with E-state index in [1.54, 1.807) is 0 Å². The third-order valence-electron chi connectivity index (χ3n) is 4.80. The Kier molecular flexibility index (Phi) is 6.42. The molecule has 6 heteroatoms. The quantitative estimate of drug-likeness (QED) is 0.692. The van der Waals surface area contributed by atoms with Gasteiger partial charge in [0.2, 0.25) is 5.91 Å². The molecule has 0 unspecified atom stereocenters. The molecule has 2 atom stereocenters. The number of imide groups is 1. The number of aryl methyl sites for hydroxylation is 1. The molecule has 0 aliphatic carbocycles. The summed E-state index contributed by atoms with van der Waals surface area (Å²) in [5.41, 5.74) is 2.09. The van der Waals surface area contributed by atoms with Gasteiger partial charge in [0.1, 0.15) is 6.04 Å². The van der Waals surface area contributed by atoms with Gasteiger partial charge in [0.05, 0.1) is 13.0 Å². The molecule has 0 spiro atoms. The van der Waals surface area contributed by atoms with E-state index in [0.29, 0.717) is 0 Å². The van der Waals surface area contributed by atoms with Gasteiger partial charge in [0.25, 0.3) is 5.91 Å². The van der Waals surface area contributed by atoms with E-state index in [0.717, 1.165) is 23.3 Å². The number of rotatable bonds is 8. The van der Waals surface area contributed by atoms with E-state index in [1.165, 1.54) is 5.56 Å². The Morgan fingerprint density at radius 3 is 2.29 bits per heavy atom. The lowest BCUT2D eigenvalue weighted by molar-refractivity contribution is -0.131. The molecule has 146 valence electrons. The van der Waals surface area contributed by atoms with E-state index in [1.807, 2.05) is 55.5 Å². The van der Waals surface area contributed by atoms with Crippen LogP contribution in [0.4, 0.5) is 4.79 Å². The fraction of sp³-hybridized carbons (Fsp3) is 0.318. The molecule has 0 saturated carbocycles. The molecule has 2 aromatic rings. The molecular formula is C22H25N3O3. The summed E-state index contributed by atoms with van der Waals surface area (Å²) in [5, 5.41) is 5.53. The van der Waals surface area contributed by atoms with Gasteiger partial charge in [0.15, 0.2) is 0 Å². The van der Waals surface area contributed by atoms with Gasteiger partial charge < -0.3 is 10.6 Å². The molecule has 0 radical (unpaired) electrons. The van der Waals surface area contributed by atoms with E-state index in [-0.39, 0.29) is 30.8 Å². The third kappa shape index (κ3) is 5.19. The second-order valence-corrected chi connectivity index (χ2v) is 7.11. The van der Waals surface area contributed by atoms with Gasteiger partial charge in [-0.3, -0.25) is 14.5 Å². The minimum absolute atomic E-state index is 0.0136. The summed E-state index contributed by atoms with van der Waals surface area (Å²) in [6, 6.07) is 18.1. The van der Waals surface area contributed by atoms with Crippen LogP contribution in [-0.2, 0) is 22.6 Å². The fourth-order valence-electron chi connectivity index (χ4n) is 3.25. The first-order valence-corrected chi connectivity index (χ1v) is 9.52. The van der Waals surface area contributed by atoms with E-state index < -0.39 is 12.1 Å². The number of hydrogen-bond acceptors (Lipinski definition) is 3. The van der Waals surface area contributed by atoms with Gasteiger partial charge in [-0.2, -0.15) is 0 Å². The summed E-state index contributed by atoms with van der Waals surface area (Å²) < 4.78 is 0. The minimum Gasteiger partial charge on any atom is -0.354 e. The van der Waals surface area contributed by atoms with Crippen LogP contribution in [0.2, 0.25) is 0 Å². The van der Waals surface area contributed by atoms with Crippen molar-refractivity contribution in [2.24, 2.45) is 0 Å². The van der Waals surface area contributed by atoms with Crippen LogP contribution in [0.15, 0.2) is 60.7 Å². The molecule has 1 aliphatic heterocycles. The van der Waals surface area contributed by atoms with Crippen LogP contribution in [0.3, 0.4) is 0 Å². The molecule has 4 amide bonds. The maximum Gasteiger partial charge on any atom is 0.325 e. The van der Waals surface area contributed by atoms with Gasteiger partial charge in [0, 0.05) is 6.04 Å². The Labute approximate surface area is 164 Å². The Morgan fingerprint density at radius 2 is 1.64 bits per heavy atom. The zero-order valence-corrected chi connectivity index (χ0v) is 15.9. The Bertz CT molecular complexity index is 823. The molecule has 1 heterocycles. The molecule has 2 aromatic carbocycles. The molecule has 6 nitrogen and oxygen atoms in total. The number of urea groups is 1. The van der Waals surface area contributed by atoms with Crippen molar-refractivity contribution in [3.05, 3.63) is 71.8 Å². The van der Waals surface area contributed by atoms with Crippen LogP contribution in [-0.4, -0.2) is 34.8 Å². The van der Waals surface area contributed by atoms with Crippen molar-refractivity contribution in [3.63, 3.8) is 0 Å². The normalized spacial score (nSPS) is 17.3. The molecule has 2 N–H and O–H groups in total. The van der Waals surface area contributed by atoms with E-state index in [9.17, 15) is 14.4 Å². The highest BCUT2D eigenvalue weighted by molar-refractivity contribution is 6.05. The highest BCUT2D eigenvalue weighted by Gasteiger charge is 2.39. The van der Waals surface area contributed by atoms with Gasteiger partial charge in [-0.05, 0) is 30.9 Å². The molecular weight excluding hydrogens is 354 g/mol. The zero-order valence-electron chi connectivity index (χ0n) is 15.9. The Hall–Kier alpha value is -3.15. The van der Waals surface area contributed by atoms with Crippen molar-refractivity contribution in [2.75, 3.05) is 0 Å². The standard InChI is InChI=1S/C22H25N3O3/c1-16(12-13-17-8-4-2-5-9-17)23-20(26)14-19-21(27)25(22(28)24-19)15-18-10-6-3-7-11-18/h2-11,16,19H,12-15H2,1H3,(H,23,26)(H,24,28)/t16-,19-/m1/s1. The SMILES string of the molecule is C[C@H](CCc1ccccc1)NC(=O)C[C@H]1NC(=O)N(Cc2ccccc2)C1=O. The fourth-order valence-corrected chi connectivity index (χ4v) is 3.25. The molecule has 1 fully saturated rings. The minimum atomic E-state index is -0.808. The number of carbonyl (C=O) groups is 3. The van der Waals surface area contributed by atoms with Gasteiger partial charge >= 0.3 is 6.03 Å². The Balaban J connectivity index is 1.47. The maximum absolute atomic E-state index is 12.5. The summed E-state index contributed by atoms with van der Waals surface area (Å²) in [7, 11) is 0. The van der Waals surface area contributed by atoms with Crippen LogP contribution in [0, 0.1) is 0 Å². The first-order valence-electron chi connectivity index (χ1n) is 9.52. The van der Waals surface area contributed by atoms with Crippen LogP contribution < -0.4 is 10.6 Å². The predicted octanol–water partition coefficient (Wildman–Crippen LogP) is 2.63. The topological polar surface area (TPSA) is 78.5 Å². The average molecular weight is 379 g/mol. The summed E-state index contributed by atoms with van der Waals surface area (Å²) in [6.07, 6.45) is 1.62. The first-order chi connectivity index (χ1) is 13.5.